The van der Waals surface area contributed by atoms with Crippen molar-refractivity contribution in [2.45, 2.75) is 6.42 Å². The zero-order chi connectivity index (χ0) is 16.6. The molecule has 0 unspecified atom stereocenters. The van der Waals surface area contributed by atoms with Gasteiger partial charge in [-0.25, -0.2) is 4.79 Å². The smallest absolute Gasteiger partial charge is 0.348 e. The minimum absolute atomic E-state index is 0.0736. The highest BCUT2D eigenvalue weighted by Gasteiger charge is 2.15. The highest BCUT2D eigenvalue weighted by atomic mass is 35.5. The average molecular weight is 367 g/mol. The van der Waals surface area contributed by atoms with Gasteiger partial charge in [0.1, 0.15) is 5.82 Å². The number of aromatic nitrogens is 4. The summed E-state index contributed by atoms with van der Waals surface area (Å²) < 4.78 is 1.36. The van der Waals surface area contributed by atoms with E-state index in [0.29, 0.717) is 22.9 Å². The fourth-order valence-corrected chi connectivity index (χ4v) is 2.62. The van der Waals surface area contributed by atoms with E-state index in [1.807, 2.05) is 12.1 Å². The van der Waals surface area contributed by atoms with Gasteiger partial charge in [0.25, 0.3) is 0 Å². The van der Waals surface area contributed by atoms with Crippen LogP contribution in [0.4, 0.5) is 5.82 Å². The first-order chi connectivity index (χ1) is 10.9. The third kappa shape index (κ3) is 3.26. The molecule has 3 aromatic rings. The molecule has 3 rings (SSSR count). The van der Waals surface area contributed by atoms with E-state index in [2.05, 4.69) is 20.4 Å². The SMILES string of the molecule is NC(=S)Nc1[nH]n2c(=O)[nH]c(=S)nc2c1Cc1ccc(Cl)cc1. The molecule has 2 heterocycles. The van der Waals surface area contributed by atoms with E-state index >= 15 is 0 Å². The van der Waals surface area contributed by atoms with Crippen LogP contribution in [0, 0.1) is 4.77 Å². The number of rotatable bonds is 3. The molecule has 0 saturated carbocycles. The van der Waals surface area contributed by atoms with E-state index in [4.69, 9.17) is 41.8 Å². The van der Waals surface area contributed by atoms with Crippen molar-refractivity contribution in [3.8, 4) is 0 Å². The van der Waals surface area contributed by atoms with Gasteiger partial charge in [-0.2, -0.15) is 9.50 Å². The molecule has 0 radical (unpaired) electrons. The van der Waals surface area contributed by atoms with Crippen LogP contribution in [0.5, 0.6) is 0 Å². The van der Waals surface area contributed by atoms with Gasteiger partial charge in [0.15, 0.2) is 10.8 Å². The maximum Gasteiger partial charge on any atom is 0.348 e. The van der Waals surface area contributed by atoms with Crippen molar-refractivity contribution in [3.05, 3.63) is 55.7 Å². The van der Waals surface area contributed by atoms with E-state index in [1.54, 1.807) is 12.1 Å². The van der Waals surface area contributed by atoms with Crippen LogP contribution in [-0.2, 0) is 6.42 Å². The largest absolute Gasteiger partial charge is 0.376 e. The molecule has 1 aromatic carbocycles. The van der Waals surface area contributed by atoms with Gasteiger partial charge < -0.3 is 11.1 Å². The molecule has 23 heavy (non-hydrogen) atoms. The lowest BCUT2D eigenvalue weighted by atomic mass is 10.1. The summed E-state index contributed by atoms with van der Waals surface area (Å²) in [7, 11) is 0. The van der Waals surface area contributed by atoms with Crippen LogP contribution < -0.4 is 16.7 Å². The summed E-state index contributed by atoms with van der Waals surface area (Å²) in [5, 5.41) is 6.42. The van der Waals surface area contributed by atoms with Crippen LogP contribution in [0.3, 0.4) is 0 Å². The number of aromatic amines is 2. The van der Waals surface area contributed by atoms with Gasteiger partial charge in [-0.1, -0.05) is 23.7 Å². The number of hydrogen-bond acceptors (Lipinski definition) is 4. The molecular weight excluding hydrogens is 356 g/mol. The van der Waals surface area contributed by atoms with Crippen molar-refractivity contribution < 1.29 is 0 Å². The Morgan fingerprint density at radius 3 is 2.74 bits per heavy atom. The van der Waals surface area contributed by atoms with Crippen LogP contribution in [0.15, 0.2) is 29.1 Å². The molecule has 0 amide bonds. The van der Waals surface area contributed by atoms with E-state index in [9.17, 15) is 4.79 Å². The summed E-state index contributed by atoms with van der Waals surface area (Å²) in [6, 6.07) is 7.35. The Balaban J connectivity index is 2.18. The molecular formula is C13H11ClN6OS2. The van der Waals surface area contributed by atoms with E-state index < -0.39 is 5.69 Å². The first kappa shape index (κ1) is 15.7. The molecule has 0 atom stereocenters. The molecule has 0 aliphatic heterocycles. The third-order valence-corrected chi connectivity index (χ3v) is 3.72. The normalized spacial score (nSPS) is 10.8. The molecule has 0 bridgehead atoms. The van der Waals surface area contributed by atoms with Gasteiger partial charge in [-0.15, -0.1) is 0 Å². The van der Waals surface area contributed by atoms with Crippen molar-refractivity contribution in [1.29, 1.82) is 0 Å². The minimum Gasteiger partial charge on any atom is -0.376 e. The number of thiocarbonyl (C=S) groups is 1. The van der Waals surface area contributed by atoms with Crippen LogP contribution in [0.25, 0.3) is 5.65 Å². The molecule has 0 saturated heterocycles. The zero-order valence-electron chi connectivity index (χ0n) is 11.6. The van der Waals surface area contributed by atoms with Crippen molar-refractivity contribution in [2.24, 2.45) is 5.73 Å². The van der Waals surface area contributed by atoms with Crippen LogP contribution in [0.1, 0.15) is 11.1 Å². The lowest BCUT2D eigenvalue weighted by molar-refractivity contribution is 0.836. The topological polar surface area (TPSA) is 104 Å². The van der Waals surface area contributed by atoms with E-state index in [0.717, 1.165) is 11.1 Å². The van der Waals surface area contributed by atoms with Gasteiger partial charge >= 0.3 is 5.69 Å². The number of anilines is 1. The van der Waals surface area contributed by atoms with Gasteiger partial charge in [-0.05, 0) is 42.1 Å². The summed E-state index contributed by atoms with van der Waals surface area (Å²) in [6.45, 7) is 0. The number of halogens is 1. The first-order valence-corrected chi connectivity index (χ1v) is 7.68. The van der Waals surface area contributed by atoms with Crippen LogP contribution in [0.2, 0.25) is 5.02 Å². The number of nitrogens with two attached hydrogens (primary N) is 1. The summed E-state index contributed by atoms with van der Waals surface area (Å²) in [5.41, 5.74) is 7.23. The Bertz CT molecular complexity index is 1000. The predicted molar refractivity (Wildman–Crippen MR) is 95.7 cm³/mol. The highest BCUT2D eigenvalue weighted by molar-refractivity contribution is 7.80. The second-order valence-electron chi connectivity index (χ2n) is 4.76. The number of benzene rings is 1. The zero-order valence-corrected chi connectivity index (χ0v) is 14.0. The Morgan fingerprint density at radius 2 is 2.09 bits per heavy atom. The number of nitrogens with one attached hydrogen (secondary N) is 3. The van der Waals surface area contributed by atoms with Crippen molar-refractivity contribution >= 4 is 52.6 Å². The maximum absolute atomic E-state index is 12.0. The maximum atomic E-state index is 12.0. The average Bonchev–Trinajstić information content (AvgIpc) is 2.79. The highest BCUT2D eigenvalue weighted by Crippen LogP contribution is 2.22. The first-order valence-electron chi connectivity index (χ1n) is 6.49. The lowest BCUT2D eigenvalue weighted by Gasteiger charge is -2.05. The van der Waals surface area contributed by atoms with Crippen LogP contribution >= 0.6 is 36.0 Å². The molecule has 0 aliphatic carbocycles. The van der Waals surface area contributed by atoms with Crippen molar-refractivity contribution in [2.75, 3.05) is 5.32 Å². The van der Waals surface area contributed by atoms with Crippen LogP contribution in [-0.4, -0.2) is 24.7 Å². The Hall–Kier alpha value is -2.23. The minimum atomic E-state index is -0.423. The Kier molecular flexibility index (Phi) is 4.16. The fraction of sp³-hybridized carbons (Fsp3) is 0.0769. The van der Waals surface area contributed by atoms with E-state index in [1.165, 1.54) is 4.52 Å². The van der Waals surface area contributed by atoms with Gasteiger partial charge in [0, 0.05) is 17.0 Å². The third-order valence-electron chi connectivity index (χ3n) is 3.17. The van der Waals surface area contributed by atoms with Gasteiger partial charge in [0.05, 0.1) is 0 Å². The summed E-state index contributed by atoms with van der Waals surface area (Å²) in [6.07, 6.45) is 0.486. The second-order valence-corrected chi connectivity index (χ2v) is 6.03. The second kappa shape index (κ2) is 6.11. The Labute approximate surface area is 145 Å². The Morgan fingerprint density at radius 1 is 1.39 bits per heavy atom. The summed E-state index contributed by atoms with van der Waals surface area (Å²) in [4.78, 5) is 18.7. The van der Waals surface area contributed by atoms with E-state index in [-0.39, 0.29) is 9.88 Å². The van der Waals surface area contributed by atoms with Gasteiger partial charge in [0.2, 0.25) is 4.77 Å². The molecule has 7 nitrogen and oxygen atoms in total. The molecule has 2 aromatic heterocycles. The number of H-pyrrole nitrogens is 2. The molecule has 0 fully saturated rings. The standard InChI is InChI=1S/C13H11ClN6OS2/c14-7-3-1-6(2-4-7)5-8-9(16-11(15)22)19-20-10(8)17-12(23)18-13(20)21/h1-4,19H,5H2,(H3,15,16,22)(H,18,21,23). The molecule has 0 spiro atoms. The summed E-state index contributed by atoms with van der Waals surface area (Å²) in [5.74, 6) is 0.492. The molecule has 118 valence electrons. The summed E-state index contributed by atoms with van der Waals surface area (Å²) >= 11 is 15.8. The number of nitrogens with zero attached hydrogens (tertiary/aromatic N) is 2. The predicted octanol–water partition coefficient (Wildman–Crippen LogP) is 1.98. The molecule has 5 N–H and O–H groups in total. The number of hydrogen-bond donors (Lipinski definition) is 4. The van der Waals surface area contributed by atoms with Crippen molar-refractivity contribution in [1.82, 2.24) is 19.6 Å². The fourth-order valence-electron chi connectivity index (χ4n) is 2.22. The molecule has 10 heteroatoms. The quantitative estimate of drug-likeness (QED) is 0.528. The van der Waals surface area contributed by atoms with Crippen molar-refractivity contribution in [3.63, 3.8) is 0 Å². The lowest BCUT2D eigenvalue weighted by Crippen LogP contribution is -2.21. The van der Waals surface area contributed by atoms with Gasteiger partial charge in [-0.3, -0.25) is 10.1 Å². The monoisotopic (exact) mass is 366 g/mol. The molecule has 0 aliphatic rings. The number of fused-ring (bicyclic) bond motifs is 1.